The maximum atomic E-state index is 2.45. The number of hydrogen-bond donors (Lipinski definition) is 0. The van der Waals surface area contributed by atoms with Gasteiger partial charge >= 0.3 is 0 Å². The molecule has 2 aromatic rings. The normalized spacial score (nSPS) is 14.5. The van der Waals surface area contributed by atoms with Crippen molar-refractivity contribution in [1.29, 1.82) is 0 Å². The van der Waals surface area contributed by atoms with Crippen molar-refractivity contribution in [2.45, 2.75) is 85.5 Å². The van der Waals surface area contributed by atoms with E-state index in [2.05, 4.69) is 98.7 Å². The third kappa shape index (κ3) is 4.05. The lowest BCUT2D eigenvalue weighted by Crippen LogP contribution is -2.16. The largest absolute Gasteiger partial charge is 0.0683 e. The predicted molar refractivity (Wildman–Crippen MR) is 121 cm³/mol. The molecule has 0 unspecified atom stereocenters. The van der Waals surface area contributed by atoms with Gasteiger partial charge in [0.15, 0.2) is 0 Å². The average Bonchev–Trinajstić information content (AvgIpc) is 2.91. The summed E-state index contributed by atoms with van der Waals surface area (Å²) in [6.07, 6.45) is 3.45. The van der Waals surface area contributed by atoms with Gasteiger partial charge in [-0.05, 0) is 69.0 Å². The molecule has 0 spiro atoms. The molecule has 0 fully saturated rings. The lowest BCUT2D eigenvalue weighted by Gasteiger charge is -2.27. The molecule has 1 aliphatic carbocycles. The SMILES string of the molecule is CC1=Cc2cc(C(C)C)cc(-c3cc(C(C)(C)C)cc(C(C)(C)C)c3)c2C1. The van der Waals surface area contributed by atoms with Crippen molar-refractivity contribution < 1.29 is 0 Å². The lowest BCUT2D eigenvalue weighted by molar-refractivity contribution is 0.569. The van der Waals surface area contributed by atoms with Crippen LogP contribution in [0.5, 0.6) is 0 Å². The summed E-state index contributed by atoms with van der Waals surface area (Å²) in [5.41, 5.74) is 11.8. The Morgan fingerprint density at radius 1 is 0.778 bits per heavy atom. The molecule has 0 nitrogen and oxygen atoms in total. The van der Waals surface area contributed by atoms with Crippen molar-refractivity contribution >= 4 is 6.08 Å². The molecule has 0 amide bonds. The van der Waals surface area contributed by atoms with E-state index in [4.69, 9.17) is 0 Å². The highest BCUT2D eigenvalue weighted by molar-refractivity contribution is 5.79. The minimum absolute atomic E-state index is 0.142. The van der Waals surface area contributed by atoms with Crippen molar-refractivity contribution in [3.63, 3.8) is 0 Å². The molecule has 0 N–H and O–H groups in total. The molecule has 0 heterocycles. The summed E-state index contributed by atoms with van der Waals surface area (Å²) < 4.78 is 0. The Bertz CT molecular complexity index is 861. The molecule has 0 aromatic heterocycles. The Morgan fingerprint density at radius 2 is 1.33 bits per heavy atom. The Balaban J connectivity index is 2.29. The van der Waals surface area contributed by atoms with Crippen molar-refractivity contribution in [2.24, 2.45) is 0 Å². The van der Waals surface area contributed by atoms with Gasteiger partial charge in [0.25, 0.3) is 0 Å². The monoisotopic (exact) mass is 360 g/mol. The van der Waals surface area contributed by atoms with E-state index in [1.807, 2.05) is 0 Å². The first kappa shape index (κ1) is 19.9. The summed E-state index contributed by atoms with van der Waals surface area (Å²) in [5.74, 6) is 0.538. The van der Waals surface area contributed by atoms with Crippen LogP contribution in [0.2, 0.25) is 0 Å². The molecule has 0 atom stereocenters. The van der Waals surface area contributed by atoms with E-state index in [1.54, 1.807) is 0 Å². The van der Waals surface area contributed by atoms with Crippen LogP contribution in [0, 0.1) is 0 Å². The van der Waals surface area contributed by atoms with Crippen LogP contribution in [0.3, 0.4) is 0 Å². The van der Waals surface area contributed by atoms with Crippen LogP contribution >= 0.6 is 0 Å². The fraction of sp³-hybridized carbons (Fsp3) is 0.481. The van der Waals surface area contributed by atoms with Gasteiger partial charge in [-0.15, -0.1) is 0 Å². The van der Waals surface area contributed by atoms with E-state index < -0.39 is 0 Å². The van der Waals surface area contributed by atoms with Crippen LogP contribution in [-0.4, -0.2) is 0 Å². The maximum Gasteiger partial charge on any atom is -0.00544 e. The molecule has 0 saturated carbocycles. The average molecular weight is 361 g/mol. The molecule has 1 aliphatic rings. The zero-order valence-corrected chi connectivity index (χ0v) is 18.7. The molecule has 144 valence electrons. The van der Waals surface area contributed by atoms with Crippen molar-refractivity contribution in [3.05, 3.63) is 63.7 Å². The van der Waals surface area contributed by atoms with E-state index in [9.17, 15) is 0 Å². The third-order valence-electron chi connectivity index (χ3n) is 5.81. The molecular weight excluding hydrogens is 324 g/mol. The number of benzene rings is 2. The highest BCUT2D eigenvalue weighted by atomic mass is 14.3. The second-order valence-electron chi connectivity index (χ2n) is 10.8. The number of hydrogen-bond acceptors (Lipinski definition) is 0. The van der Waals surface area contributed by atoms with Crippen LogP contribution in [0.15, 0.2) is 35.9 Å². The smallest absolute Gasteiger partial charge is 0.00544 e. The Labute approximate surface area is 166 Å². The minimum Gasteiger partial charge on any atom is -0.0683 e. The van der Waals surface area contributed by atoms with E-state index >= 15 is 0 Å². The molecular formula is C27H36. The summed E-state index contributed by atoms with van der Waals surface area (Å²) in [5, 5.41) is 0. The minimum atomic E-state index is 0.142. The summed E-state index contributed by atoms with van der Waals surface area (Å²) >= 11 is 0. The maximum absolute atomic E-state index is 2.45. The van der Waals surface area contributed by atoms with Crippen molar-refractivity contribution in [3.8, 4) is 11.1 Å². The standard InChI is InChI=1S/C27H36/c1-17(2)19-12-20-10-18(3)11-24(20)25(15-19)21-13-22(26(4,5)6)16-23(14-21)27(7,8)9/h10,12-17H,11H2,1-9H3. The van der Waals surface area contributed by atoms with Gasteiger partial charge in [-0.1, -0.05) is 97.4 Å². The highest BCUT2D eigenvalue weighted by Crippen LogP contribution is 2.40. The Hall–Kier alpha value is -1.82. The van der Waals surface area contributed by atoms with Crippen molar-refractivity contribution in [1.82, 2.24) is 0 Å². The quantitative estimate of drug-likeness (QED) is 0.508. The summed E-state index contributed by atoms with van der Waals surface area (Å²) in [4.78, 5) is 0. The molecule has 0 saturated heterocycles. The van der Waals surface area contributed by atoms with Crippen molar-refractivity contribution in [2.75, 3.05) is 0 Å². The topological polar surface area (TPSA) is 0 Å². The first-order valence-corrected chi connectivity index (χ1v) is 10.4. The zero-order valence-electron chi connectivity index (χ0n) is 18.7. The van der Waals surface area contributed by atoms with E-state index in [0.717, 1.165) is 6.42 Å². The van der Waals surface area contributed by atoms with Gasteiger partial charge in [0.2, 0.25) is 0 Å². The van der Waals surface area contributed by atoms with E-state index in [1.165, 1.54) is 44.5 Å². The fourth-order valence-corrected chi connectivity index (χ4v) is 3.88. The van der Waals surface area contributed by atoms with Gasteiger partial charge < -0.3 is 0 Å². The predicted octanol–water partition coefficient (Wildman–Crippen LogP) is 8.03. The second-order valence-corrected chi connectivity index (χ2v) is 10.8. The molecule has 0 bridgehead atoms. The van der Waals surface area contributed by atoms with Crippen LogP contribution in [0.1, 0.15) is 96.0 Å². The second kappa shape index (κ2) is 6.66. The number of rotatable bonds is 2. The van der Waals surface area contributed by atoms with Crippen LogP contribution in [0.25, 0.3) is 17.2 Å². The van der Waals surface area contributed by atoms with Gasteiger partial charge in [-0.2, -0.15) is 0 Å². The Morgan fingerprint density at radius 3 is 1.81 bits per heavy atom. The zero-order chi connectivity index (χ0) is 20.1. The van der Waals surface area contributed by atoms with Gasteiger partial charge in [-0.3, -0.25) is 0 Å². The van der Waals surface area contributed by atoms with Crippen LogP contribution < -0.4 is 0 Å². The molecule has 0 aliphatic heterocycles. The summed E-state index contributed by atoms with van der Waals surface area (Å²) in [6, 6.07) is 12.1. The molecule has 2 aromatic carbocycles. The van der Waals surface area contributed by atoms with Crippen LogP contribution in [-0.2, 0) is 17.3 Å². The van der Waals surface area contributed by atoms with Gasteiger partial charge in [0.05, 0.1) is 0 Å². The highest BCUT2D eigenvalue weighted by Gasteiger charge is 2.23. The molecule has 0 heteroatoms. The van der Waals surface area contributed by atoms with Gasteiger partial charge in [0.1, 0.15) is 0 Å². The summed E-state index contributed by atoms with van der Waals surface area (Å²) in [6.45, 7) is 20.8. The van der Waals surface area contributed by atoms with E-state index in [-0.39, 0.29) is 10.8 Å². The van der Waals surface area contributed by atoms with E-state index in [0.29, 0.717) is 5.92 Å². The molecule has 27 heavy (non-hydrogen) atoms. The Kier molecular flexibility index (Phi) is 4.91. The summed E-state index contributed by atoms with van der Waals surface area (Å²) in [7, 11) is 0. The van der Waals surface area contributed by atoms with Gasteiger partial charge in [-0.25, -0.2) is 0 Å². The lowest BCUT2D eigenvalue weighted by atomic mass is 9.78. The third-order valence-corrected chi connectivity index (χ3v) is 5.81. The number of fused-ring (bicyclic) bond motifs is 1. The first-order chi connectivity index (χ1) is 12.4. The van der Waals surface area contributed by atoms with Crippen LogP contribution in [0.4, 0.5) is 0 Å². The molecule has 0 radical (unpaired) electrons. The molecule has 3 rings (SSSR count). The number of allylic oxidation sites excluding steroid dienone is 1. The fourth-order valence-electron chi connectivity index (χ4n) is 3.88. The first-order valence-electron chi connectivity index (χ1n) is 10.4. The van der Waals surface area contributed by atoms with Gasteiger partial charge in [0, 0.05) is 0 Å².